The number of aryl methyl sites for hydroxylation is 2. The van der Waals surface area contributed by atoms with Crippen molar-refractivity contribution < 1.29 is 22.7 Å². The monoisotopic (exact) mass is 433 g/mol. The number of benzene rings is 1. The van der Waals surface area contributed by atoms with Crippen LogP contribution in [0.2, 0.25) is 0 Å². The number of nitrogens with two attached hydrogens (primary N) is 1. The number of thiophene rings is 1. The van der Waals surface area contributed by atoms with Gasteiger partial charge in [0.2, 0.25) is 10.0 Å². The highest BCUT2D eigenvalue weighted by atomic mass is 32.2. The van der Waals surface area contributed by atoms with Crippen LogP contribution in [0.1, 0.15) is 21.7 Å². The van der Waals surface area contributed by atoms with Crippen molar-refractivity contribution in [3.05, 3.63) is 64.8 Å². The molecule has 152 valence electrons. The Morgan fingerprint density at radius 2 is 1.69 bits per heavy atom. The molecule has 1 aromatic carbocycles. The molecule has 0 aliphatic heterocycles. The first kappa shape index (κ1) is 20.8. The zero-order chi connectivity index (χ0) is 21.2. The van der Waals surface area contributed by atoms with Crippen LogP contribution in [0.5, 0.6) is 0 Å². The van der Waals surface area contributed by atoms with Gasteiger partial charge in [0.1, 0.15) is 5.00 Å². The molecule has 0 bridgehead atoms. The quantitative estimate of drug-likeness (QED) is 0.579. The summed E-state index contributed by atoms with van der Waals surface area (Å²) in [6, 6.07) is 10.9. The summed E-state index contributed by atoms with van der Waals surface area (Å²) < 4.78 is 29.6. The summed E-state index contributed by atoms with van der Waals surface area (Å²) in [7, 11) is -3.81. The fourth-order valence-electron chi connectivity index (χ4n) is 2.75. The topological polar surface area (TPSA) is 120 Å². The minimum Gasteiger partial charge on any atom is -0.452 e. The molecule has 1 amide bonds. The van der Waals surface area contributed by atoms with E-state index in [2.05, 4.69) is 5.32 Å². The molecule has 10 heteroatoms. The van der Waals surface area contributed by atoms with E-state index in [4.69, 9.17) is 9.88 Å². The van der Waals surface area contributed by atoms with E-state index in [0.29, 0.717) is 11.3 Å². The molecule has 3 rings (SSSR count). The van der Waals surface area contributed by atoms with Crippen molar-refractivity contribution in [2.24, 2.45) is 5.14 Å². The summed E-state index contributed by atoms with van der Waals surface area (Å²) in [6.45, 7) is 3.40. The number of primary sulfonamides is 1. The number of carbonyl (C=O) groups is 2. The lowest BCUT2D eigenvalue weighted by Crippen LogP contribution is -2.21. The van der Waals surface area contributed by atoms with Crippen molar-refractivity contribution in [2.75, 3.05) is 11.9 Å². The van der Waals surface area contributed by atoms with Gasteiger partial charge in [0.05, 0.1) is 10.5 Å². The summed E-state index contributed by atoms with van der Waals surface area (Å²) in [6.07, 6.45) is 0. The highest BCUT2D eigenvalue weighted by molar-refractivity contribution is 7.89. The van der Waals surface area contributed by atoms with Crippen LogP contribution in [0.15, 0.2) is 52.7 Å². The average Bonchev–Trinajstić information content (AvgIpc) is 3.25. The van der Waals surface area contributed by atoms with Crippen LogP contribution in [0.25, 0.3) is 5.00 Å². The van der Waals surface area contributed by atoms with Gasteiger partial charge < -0.3 is 14.6 Å². The molecule has 2 aromatic heterocycles. The second-order valence-corrected chi connectivity index (χ2v) is 8.74. The zero-order valence-corrected chi connectivity index (χ0v) is 17.3. The second-order valence-electron chi connectivity index (χ2n) is 6.28. The van der Waals surface area contributed by atoms with Gasteiger partial charge >= 0.3 is 5.97 Å². The number of hydrogen-bond donors (Lipinski definition) is 2. The number of esters is 1. The van der Waals surface area contributed by atoms with Gasteiger partial charge in [-0.3, -0.25) is 4.79 Å². The molecule has 2 heterocycles. The zero-order valence-electron chi connectivity index (χ0n) is 15.7. The van der Waals surface area contributed by atoms with E-state index in [0.717, 1.165) is 16.4 Å². The Morgan fingerprint density at radius 1 is 1.07 bits per heavy atom. The number of ether oxygens (including phenoxy) is 1. The Bertz CT molecular complexity index is 1140. The number of rotatable bonds is 6. The molecule has 3 aromatic rings. The van der Waals surface area contributed by atoms with E-state index < -0.39 is 28.5 Å². The lowest BCUT2D eigenvalue weighted by atomic mass is 10.3. The standard InChI is InChI=1S/C19H19N3O5S2/c1-12-3-4-13(2)22(12)18-16(9-10-28-18)19(24)27-11-17(23)21-14-5-7-15(8-6-14)29(20,25)26/h3-10H,11H2,1-2H3,(H,21,23)(H2,20,25,26). The molecule has 3 N–H and O–H groups in total. The van der Waals surface area contributed by atoms with Crippen molar-refractivity contribution in [3.63, 3.8) is 0 Å². The third kappa shape index (κ3) is 4.73. The fraction of sp³-hybridized carbons (Fsp3) is 0.158. The van der Waals surface area contributed by atoms with Gasteiger partial charge in [-0.1, -0.05) is 0 Å². The van der Waals surface area contributed by atoms with Gasteiger partial charge in [-0.15, -0.1) is 11.3 Å². The van der Waals surface area contributed by atoms with Crippen LogP contribution < -0.4 is 10.5 Å². The molecular formula is C19H19N3O5S2. The van der Waals surface area contributed by atoms with Gasteiger partial charge in [-0.25, -0.2) is 18.4 Å². The van der Waals surface area contributed by atoms with Crippen molar-refractivity contribution in [3.8, 4) is 5.00 Å². The predicted octanol–water partition coefficient (Wildman–Crippen LogP) is 2.60. The maximum Gasteiger partial charge on any atom is 0.341 e. The van der Waals surface area contributed by atoms with Crippen molar-refractivity contribution in [1.82, 2.24) is 4.57 Å². The van der Waals surface area contributed by atoms with Crippen molar-refractivity contribution in [2.45, 2.75) is 18.7 Å². The highest BCUT2D eigenvalue weighted by Crippen LogP contribution is 2.26. The van der Waals surface area contributed by atoms with Crippen LogP contribution in [0.4, 0.5) is 5.69 Å². The highest BCUT2D eigenvalue weighted by Gasteiger charge is 2.19. The first-order valence-electron chi connectivity index (χ1n) is 8.49. The van der Waals surface area contributed by atoms with E-state index in [1.807, 2.05) is 30.5 Å². The van der Waals surface area contributed by atoms with Crippen LogP contribution in [0.3, 0.4) is 0 Å². The maximum absolute atomic E-state index is 12.5. The first-order valence-corrected chi connectivity index (χ1v) is 10.9. The van der Waals surface area contributed by atoms with Gasteiger partial charge in [0.25, 0.3) is 5.91 Å². The number of anilines is 1. The molecule has 0 aliphatic rings. The third-order valence-electron chi connectivity index (χ3n) is 4.14. The van der Waals surface area contributed by atoms with E-state index >= 15 is 0 Å². The Morgan fingerprint density at radius 3 is 2.28 bits per heavy atom. The Balaban J connectivity index is 1.63. The minimum atomic E-state index is -3.81. The molecule has 0 atom stereocenters. The summed E-state index contributed by atoms with van der Waals surface area (Å²) >= 11 is 1.41. The molecule has 0 saturated heterocycles. The van der Waals surface area contributed by atoms with Crippen LogP contribution in [-0.2, 0) is 19.6 Å². The lowest BCUT2D eigenvalue weighted by Gasteiger charge is -2.10. The number of aromatic nitrogens is 1. The maximum atomic E-state index is 12.5. The molecule has 0 spiro atoms. The van der Waals surface area contributed by atoms with Crippen molar-refractivity contribution in [1.29, 1.82) is 0 Å². The normalized spacial score (nSPS) is 11.3. The van der Waals surface area contributed by atoms with Crippen LogP contribution in [-0.4, -0.2) is 31.5 Å². The summed E-state index contributed by atoms with van der Waals surface area (Å²) in [5.41, 5.74) is 2.70. The van der Waals surface area contributed by atoms with Gasteiger partial charge in [0, 0.05) is 17.1 Å². The number of carbonyl (C=O) groups excluding carboxylic acids is 2. The largest absolute Gasteiger partial charge is 0.452 e. The SMILES string of the molecule is Cc1ccc(C)n1-c1sccc1C(=O)OCC(=O)Nc1ccc(S(N)(=O)=O)cc1. The number of amides is 1. The molecule has 0 aliphatic carbocycles. The Hall–Kier alpha value is -2.95. The van der Waals surface area contributed by atoms with Crippen molar-refractivity contribution >= 4 is 38.9 Å². The number of nitrogens with zero attached hydrogens (tertiary/aromatic N) is 1. The summed E-state index contributed by atoms with van der Waals surface area (Å²) in [5.74, 6) is -1.15. The molecule has 29 heavy (non-hydrogen) atoms. The average molecular weight is 434 g/mol. The van der Waals surface area contributed by atoms with E-state index in [-0.39, 0.29) is 4.90 Å². The van der Waals surface area contributed by atoms with E-state index in [9.17, 15) is 18.0 Å². The lowest BCUT2D eigenvalue weighted by molar-refractivity contribution is -0.119. The van der Waals surface area contributed by atoms with E-state index in [1.165, 1.54) is 35.6 Å². The van der Waals surface area contributed by atoms with Gasteiger partial charge in [-0.05, 0) is 61.7 Å². The Labute approximate surface area is 172 Å². The molecule has 8 nitrogen and oxygen atoms in total. The smallest absolute Gasteiger partial charge is 0.341 e. The Kier molecular flexibility index (Phi) is 5.87. The molecule has 0 unspecified atom stereocenters. The van der Waals surface area contributed by atoms with Crippen LogP contribution in [0, 0.1) is 13.8 Å². The van der Waals surface area contributed by atoms with Crippen LogP contribution >= 0.6 is 11.3 Å². The fourth-order valence-corrected chi connectivity index (χ4v) is 4.27. The van der Waals surface area contributed by atoms with E-state index in [1.54, 1.807) is 11.4 Å². The first-order chi connectivity index (χ1) is 13.7. The molecule has 0 fully saturated rings. The molecule has 0 radical (unpaired) electrons. The molecular weight excluding hydrogens is 414 g/mol. The number of sulfonamides is 1. The third-order valence-corrected chi connectivity index (χ3v) is 5.97. The van der Waals surface area contributed by atoms with Gasteiger partial charge in [-0.2, -0.15) is 0 Å². The predicted molar refractivity (Wildman–Crippen MR) is 110 cm³/mol. The number of hydrogen-bond acceptors (Lipinski definition) is 6. The number of nitrogens with one attached hydrogen (secondary N) is 1. The second kappa shape index (κ2) is 8.19. The summed E-state index contributed by atoms with van der Waals surface area (Å²) in [5, 5.41) is 10.1. The summed E-state index contributed by atoms with van der Waals surface area (Å²) in [4.78, 5) is 24.5. The minimum absolute atomic E-state index is 0.0671. The molecule has 0 saturated carbocycles. The van der Waals surface area contributed by atoms with Gasteiger partial charge in [0.15, 0.2) is 6.61 Å².